The van der Waals surface area contributed by atoms with Gasteiger partial charge in [0.05, 0.1) is 16.6 Å². The van der Waals surface area contributed by atoms with Crippen molar-refractivity contribution in [1.82, 2.24) is 15.1 Å². The van der Waals surface area contributed by atoms with Crippen LogP contribution in [0.1, 0.15) is 31.2 Å². The Morgan fingerprint density at radius 1 is 1.61 bits per heavy atom. The fourth-order valence-electron chi connectivity index (χ4n) is 2.48. The maximum absolute atomic E-state index is 12.3. The molecule has 1 aliphatic carbocycles. The lowest BCUT2D eigenvalue weighted by Crippen LogP contribution is -2.46. The number of amides is 1. The maximum Gasteiger partial charge on any atom is 0.233 e. The van der Waals surface area contributed by atoms with Crippen molar-refractivity contribution in [3.8, 4) is 0 Å². The largest absolute Gasteiger partial charge is 0.392 e. The molecule has 0 unspecified atom stereocenters. The molecular weight excluding hydrogens is 248 g/mol. The van der Waals surface area contributed by atoms with Crippen molar-refractivity contribution in [3.63, 3.8) is 0 Å². The van der Waals surface area contributed by atoms with E-state index < -0.39 is 5.41 Å². The lowest BCUT2D eigenvalue weighted by atomic mass is 9.85. The van der Waals surface area contributed by atoms with E-state index in [0.29, 0.717) is 11.5 Å². The summed E-state index contributed by atoms with van der Waals surface area (Å²) >= 11 is 5.08. The van der Waals surface area contributed by atoms with E-state index in [2.05, 4.69) is 10.4 Å². The normalized spacial score (nSPS) is 17.6. The smallest absolute Gasteiger partial charge is 0.233 e. The summed E-state index contributed by atoms with van der Waals surface area (Å²) in [5.74, 6) is -0.0450. The number of carbonyl (C=O) groups excluding carboxylic acids is 1. The van der Waals surface area contributed by atoms with Crippen LogP contribution in [0.15, 0.2) is 12.4 Å². The highest BCUT2D eigenvalue weighted by Crippen LogP contribution is 2.38. The third-order valence-corrected chi connectivity index (χ3v) is 3.97. The number of nitrogens with zero attached hydrogens (tertiary/aromatic N) is 2. The van der Waals surface area contributed by atoms with Gasteiger partial charge in [-0.25, -0.2) is 0 Å². The number of thiocarbonyl (C=S) groups is 1. The Bertz CT molecular complexity index is 462. The lowest BCUT2D eigenvalue weighted by Gasteiger charge is -2.26. The van der Waals surface area contributed by atoms with E-state index >= 15 is 0 Å². The molecule has 1 amide bonds. The molecular formula is C12H18N4OS. The first-order valence-electron chi connectivity index (χ1n) is 6.10. The van der Waals surface area contributed by atoms with Gasteiger partial charge in [0.25, 0.3) is 0 Å². The summed E-state index contributed by atoms with van der Waals surface area (Å²) < 4.78 is 1.71. The Balaban J connectivity index is 2.00. The van der Waals surface area contributed by atoms with Crippen LogP contribution in [0, 0.1) is 5.41 Å². The summed E-state index contributed by atoms with van der Waals surface area (Å²) in [4.78, 5) is 12.6. The Kier molecular flexibility index (Phi) is 3.65. The number of hydrogen-bond donors (Lipinski definition) is 2. The number of nitrogens with one attached hydrogen (secondary N) is 1. The van der Waals surface area contributed by atoms with Crippen LogP contribution in [0.2, 0.25) is 0 Å². The predicted molar refractivity (Wildman–Crippen MR) is 72.7 cm³/mol. The zero-order chi connectivity index (χ0) is 13.2. The molecule has 0 bridgehead atoms. The van der Waals surface area contributed by atoms with Gasteiger partial charge in [-0.3, -0.25) is 9.48 Å². The summed E-state index contributed by atoms with van der Waals surface area (Å²) in [6, 6.07) is 0. The molecule has 18 heavy (non-hydrogen) atoms. The Labute approximate surface area is 112 Å². The van der Waals surface area contributed by atoms with Gasteiger partial charge in [-0.05, 0) is 12.8 Å². The first kappa shape index (κ1) is 13.0. The van der Waals surface area contributed by atoms with Crippen molar-refractivity contribution in [2.75, 3.05) is 0 Å². The van der Waals surface area contributed by atoms with Crippen LogP contribution in [0.4, 0.5) is 0 Å². The van der Waals surface area contributed by atoms with Gasteiger partial charge in [-0.15, -0.1) is 0 Å². The summed E-state index contributed by atoms with van der Waals surface area (Å²) in [5, 5.41) is 6.98. The SMILES string of the molecule is Cn1cc(CNC(=O)C2(C(N)=S)CCCC2)cn1. The van der Waals surface area contributed by atoms with Gasteiger partial charge in [0.15, 0.2) is 0 Å². The molecule has 3 N–H and O–H groups in total. The van der Waals surface area contributed by atoms with E-state index in [1.54, 1.807) is 10.9 Å². The van der Waals surface area contributed by atoms with Crippen molar-refractivity contribution in [2.24, 2.45) is 18.2 Å². The second-order valence-corrected chi connectivity index (χ2v) is 5.30. The summed E-state index contributed by atoms with van der Waals surface area (Å²) in [5.41, 5.74) is 6.11. The minimum absolute atomic E-state index is 0.0450. The van der Waals surface area contributed by atoms with E-state index in [-0.39, 0.29) is 5.91 Å². The lowest BCUT2D eigenvalue weighted by molar-refractivity contribution is -0.127. The van der Waals surface area contributed by atoms with E-state index in [1.165, 1.54) is 0 Å². The van der Waals surface area contributed by atoms with E-state index in [4.69, 9.17) is 18.0 Å². The highest BCUT2D eigenvalue weighted by atomic mass is 32.1. The number of rotatable bonds is 4. The molecule has 0 spiro atoms. The third kappa shape index (κ3) is 2.38. The fourth-order valence-corrected chi connectivity index (χ4v) is 2.78. The maximum atomic E-state index is 12.3. The molecule has 2 rings (SSSR count). The van der Waals surface area contributed by atoms with Gasteiger partial charge in [0, 0.05) is 25.4 Å². The van der Waals surface area contributed by atoms with Crippen LogP contribution in [0.25, 0.3) is 0 Å². The molecule has 0 radical (unpaired) electrons. The van der Waals surface area contributed by atoms with Gasteiger partial charge in [0.1, 0.15) is 0 Å². The van der Waals surface area contributed by atoms with Crippen LogP contribution in [-0.2, 0) is 18.4 Å². The molecule has 6 heteroatoms. The second-order valence-electron chi connectivity index (χ2n) is 4.86. The zero-order valence-electron chi connectivity index (χ0n) is 10.5. The summed E-state index contributed by atoms with van der Waals surface area (Å²) in [6.45, 7) is 0.469. The third-order valence-electron chi connectivity index (χ3n) is 3.57. The minimum atomic E-state index is -0.627. The molecule has 0 saturated heterocycles. The predicted octanol–water partition coefficient (Wildman–Crippen LogP) is 0.883. The van der Waals surface area contributed by atoms with Crippen LogP contribution in [-0.4, -0.2) is 20.7 Å². The monoisotopic (exact) mass is 266 g/mol. The molecule has 0 aromatic carbocycles. The van der Waals surface area contributed by atoms with E-state index in [0.717, 1.165) is 31.2 Å². The topological polar surface area (TPSA) is 72.9 Å². The zero-order valence-corrected chi connectivity index (χ0v) is 11.3. The van der Waals surface area contributed by atoms with Crippen molar-refractivity contribution in [2.45, 2.75) is 32.2 Å². The first-order chi connectivity index (χ1) is 8.54. The second kappa shape index (κ2) is 5.06. The first-order valence-corrected chi connectivity index (χ1v) is 6.51. The fraction of sp³-hybridized carbons (Fsp3) is 0.583. The Hall–Kier alpha value is -1.43. The van der Waals surface area contributed by atoms with Gasteiger partial charge in [-0.2, -0.15) is 5.10 Å². The number of nitrogens with two attached hydrogens (primary N) is 1. The van der Waals surface area contributed by atoms with Crippen LogP contribution in [0.3, 0.4) is 0 Å². The van der Waals surface area contributed by atoms with E-state index in [1.807, 2.05) is 13.2 Å². The number of hydrogen-bond acceptors (Lipinski definition) is 3. The van der Waals surface area contributed by atoms with Gasteiger partial charge >= 0.3 is 0 Å². The van der Waals surface area contributed by atoms with Crippen molar-refractivity contribution in [3.05, 3.63) is 18.0 Å². The van der Waals surface area contributed by atoms with Crippen molar-refractivity contribution in [1.29, 1.82) is 0 Å². The molecule has 0 aliphatic heterocycles. The van der Waals surface area contributed by atoms with Crippen LogP contribution >= 0.6 is 12.2 Å². The molecule has 0 atom stereocenters. The van der Waals surface area contributed by atoms with E-state index in [9.17, 15) is 4.79 Å². The Morgan fingerprint density at radius 3 is 2.78 bits per heavy atom. The van der Waals surface area contributed by atoms with Crippen LogP contribution in [0.5, 0.6) is 0 Å². The molecule has 98 valence electrons. The standard InChI is InChI=1S/C12H18N4OS/c1-16-8-9(7-15-16)6-14-11(17)12(10(13)18)4-2-3-5-12/h7-8H,2-6H2,1H3,(H2,13,18)(H,14,17). The van der Waals surface area contributed by atoms with Crippen molar-refractivity contribution >= 4 is 23.1 Å². The quantitative estimate of drug-likeness (QED) is 0.794. The Morgan fingerprint density at radius 2 is 2.28 bits per heavy atom. The highest BCUT2D eigenvalue weighted by Gasteiger charge is 2.43. The molecule has 5 nitrogen and oxygen atoms in total. The van der Waals surface area contributed by atoms with Gasteiger partial charge in [-0.1, -0.05) is 25.1 Å². The number of aryl methyl sites for hydroxylation is 1. The number of aromatic nitrogens is 2. The van der Waals surface area contributed by atoms with Gasteiger partial charge in [0.2, 0.25) is 5.91 Å². The van der Waals surface area contributed by atoms with Crippen LogP contribution < -0.4 is 11.1 Å². The minimum Gasteiger partial charge on any atom is -0.392 e. The average Bonchev–Trinajstić information content (AvgIpc) is 2.95. The molecule has 1 heterocycles. The average molecular weight is 266 g/mol. The molecule has 1 aromatic rings. The van der Waals surface area contributed by atoms with Crippen molar-refractivity contribution < 1.29 is 4.79 Å². The summed E-state index contributed by atoms with van der Waals surface area (Å²) in [7, 11) is 1.85. The highest BCUT2D eigenvalue weighted by molar-refractivity contribution is 7.80. The van der Waals surface area contributed by atoms with Gasteiger partial charge < -0.3 is 11.1 Å². The molecule has 1 aliphatic rings. The summed E-state index contributed by atoms with van der Waals surface area (Å²) in [6.07, 6.45) is 7.17. The molecule has 1 aromatic heterocycles. The number of carbonyl (C=O) groups is 1. The molecule has 1 fully saturated rings. The molecule has 1 saturated carbocycles.